The molecule has 0 aromatic carbocycles. The number of carbonyl (C=O) groups excluding carboxylic acids is 1. The highest BCUT2D eigenvalue weighted by molar-refractivity contribution is 6.09. The fourth-order valence-electron chi connectivity index (χ4n) is 2.07. The largest absolute Gasteiger partial charge is 0.465 e. The minimum Gasteiger partial charge on any atom is -0.465 e. The van der Waals surface area contributed by atoms with Gasteiger partial charge in [0.2, 0.25) is 5.78 Å². The van der Waals surface area contributed by atoms with Crippen molar-refractivity contribution in [2.75, 3.05) is 27.2 Å². The Hall–Kier alpha value is -2.06. The van der Waals surface area contributed by atoms with Crippen LogP contribution in [-0.4, -0.2) is 71.9 Å². The monoisotopic (exact) mass is 335 g/mol. The highest BCUT2D eigenvalue weighted by atomic mass is 19.4. The van der Waals surface area contributed by atoms with E-state index in [9.17, 15) is 22.8 Å². The zero-order valence-electron chi connectivity index (χ0n) is 13.0. The fraction of sp³-hybridized carbons (Fsp3) is 0.643. The Kier molecular flexibility index (Phi) is 6.59. The predicted molar refractivity (Wildman–Crippen MR) is 78.6 cm³/mol. The highest BCUT2D eigenvalue weighted by Crippen LogP contribution is 2.20. The first-order valence-corrected chi connectivity index (χ1v) is 7.08. The number of aliphatic imine (C=N–C) groups is 1. The zero-order chi connectivity index (χ0) is 17.6. The van der Waals surface area contributed by atoms with Crippen LogP contribution in [0.2, 0.25) is 0 Å². The number of alkyl halides is 3. The summed E-state index contributed by atoms with van der Waals surface area (Å²) in [6.07, 6.45) is -2.97. The number of nitrogens with zero attached hydrogens (tertiary/aromatic N) is 3. The molecule has 6 nitrogen and oxygen atoms in total. The molecule has 0 spiro atoms. The molecule has 1 rings (SSSR count). The van der Waals surface area contributed by atoms with Crippen molar-refractivity contribution in [2.45, 2.75) is 31.5 Å². The van der Waals surface area contributed by atoms with E-state index in [1.54, 1.807) is 19.0 Å². The predicted octanol–water partition coefficient (Wildman–Crippen LogP) is 2.17. The smallest absolute Gasteiger partial charge is 0.450 e. The first-order chi connectivity index (χ1) is 10.6. The molecule has 1 N–H and O–H groups in total. The average molecular weight is 335 g/mol. The van der Waals surface area contributed by atoms with E-state index in [2.05, 4.69) is 4.99 Å². The summed E-state index contributed by atoms with van der Waals surface area (Å²) >= 11 is 0. The van der Waals surface area contributed by atoms with Crippen LogP contribution in [0.5, 0.6) is 0 Å². The number of rotatable bonds is 5. The lowest BCUT2D eigenvalue weighted by atomic mass is 10.1. The fourth-order valence-corrected chi connectivity index (χ4v) is 2.07. The minimum atomic E-state index is -4.89. The van der Waals surface area contributed by atoms with E-state index in [4.69, 9.17) is 5.11 Å². The summed E-state index contributed by atoms with van der Waals surface area (Å²) in [6.45, 7) is 0.558. The van der Waals surface area contributed by atoms with E-state index in [-0.39, 0.29) is 24.8 Å². The molecule has 1 aliphatic rings. The third-order valence-corrected chi connectivity index (χ3v) is 3.31. The Balaban J connectivity index is 2.79. The first kappa shape index (κ1) is 19.0. The van der Waals surface area contributed by atoms with Crippen LogP contribution in [-0.2, 0) is 4.79 Å². The molecule has 1 heterocycles. The maximum Gasteiger partial charge on any atom is 0.450 e. The number of piperidine rings is 1. The Morgan fingerprint density at radius 3 is 2.30 bits per heavy atom. The van der Waals surface area contributed by atoms with Gasteiger partial charge in [-0.05, 0) is 18.9 Å². The second-order valence-corrected chi connectivity index (χ2v) is 5.50. The van der Waals surface area contributed by atoms with Crippen molar-refractivity contribution in [1.82, 2.24) is 9.80 Å². The first-order valence-electron chi connectivity index (χ1n) is 7.08. The molecule has 1 aliphatic heterocycles. The molecule has 0 atom stereocenters. The van der Waals surface area contributed by atoms with Crippen LogP contribution in [0.15, 0.2) is 17.3 Å². The molecule has 1 fully saturated rings. The second-order valence-electron chi connectivity index (χ2n) is 5.50. The molecule has 0 aromatic rings. The van der Waals surface area contributed by atoms with Gasteiger partial charge < -0.3 is 14.9 Å². The standard InChI is InChI=1S/C14H20F3N3O3/c1-19(2)6-3-11(9-12(21)14(15,16)17)18-10-4-7-20(8-5-10)13(22)23/h3,6,10H,4-5,7-9H2,1-2H3,(H,22,23). The Labute approximate surface area is 132 Å². The van der Waals surface area contributed by atoms with Gasteiger partial charge in [0.1, 0.15) is 0 Å². The molecule has 0 aliphatic carbocycles. The van der Waals surface area contributed by atoms with E-state index in [1.165, 1.54) is 17.2 Å². The molecule has 1 amide bonds. The van der Waals surface area contributed by atoms with Crippen molar-refractivity contribution in [2.24, 2.45) is 4.99 Å². The van der Waals surface area contributed by atoms with E-state index < -0.39 is 24.5 Å². The summed E-state index contributed by atoms with van der Waals surface area (Å²) in [7, 11) is 3.40. The molecule has 0 saturated carbocycles. The summed E-state index contributed by atoms with van der Waals surface area (Å²) in [5, 5.41) is 8.86. The summed E-state index contributed by atoms with van der Waals surface area (Å²) in [5.41, 5.74) is 0.0507. The summed E-state index contributed by atoms with van der Waals surface area (Å²) in [4.78, 5) is 29.1. The zero-order valence-corrected chi connectivity index (χ0v) is 13.0. The van der Waals surface area contributed by atoms with Gasteiger partial charge in [0, 0.05) is 39.1 Å². The third-order valence-electron chi connectivity index (χ3n) is 3.31. The number of hydrogen-bond donors (Lipinski definition) is 1. The van der Waals surface area contributed by atoms with Crippen molar-refractivity contribution in [3.8, 4) is 0 Å². The Morgan fingerprint density at radius 2 is 1.87 bits per heavy atom. The SMILES string of the molecule is CN(C)C=CC(CC(=O)C(F)(F)F)=NC1CCN(C(=O)O)CC1. The molecule has 0 unspecified atom stereocenters. The average Bonchev–Trinajstić information content (AvgIpc) is 2.44. The van der Waals surface area contributed by atoms with Crippen molar-refractivity contribution >= 4 is 17.6 Å². The lowest BCUT2D eigenvalue weighted by Gasteiger charge is -2.28. The molecule has 0 bridgehead atoms. The highest BCUT2D eigenvalue weighted by Gasteiger charge is 2.38. The molecule has 1 saturated heterocycles. The lowest BCUT2D eigenvalue weighted by Crippen LogP contribution is -2.39. The van der Waals surface area contributed by atoms with Crippen molar-refractivity contribution < 1.29 is 27.9 Å². The van der Waals surface area contributed by atoms with Gasteiger partial charge in [-0.2, -0.15) is 13.2 Å². The normalized spacial score (nSPS) is 17.6. The topological polar surface area (TPSA) is 73.2 Å². The number of allylic oxidation sites excluding steroid dienone is 1. The van der Waals surface area contributed by atoms with Gasteiger partial charge in [-0.3, -0.25) is 9.79 Å². The Bertz CT molecular complexity index is 493. The van der Waals surface area contributed by atoms with Gasteiger partial charge in [-0.25, -0.2) is 4.79 Å². The van der Waals surface area contributed by atoms with E-state index in [0.29, 0.717) is 12.8 Å². The summed E-state index contributed by atoms with van der Waals surface area (Å²) in [6, 6.07) is -0.284. The second kappa shape index (κ2) is 7.98. The third kappa shape index (κ3) is 6.70. The molecule has 23 heavy (non-hydrogen) atoms. The quantitative estimate of drug-likeness (QED) is 0.782. The number of halogens is 3. The molecule has 9 heteroatoms. The van der Waals surface area contributed by atoms with Crippen LogP contribution in [0.25, 0.3) is 0 Å². The lowest BCUT2D eigenvalue weighted by molar-refractivity contribution is -0.169. The van der Waals surface area contributed by atoms with Crippen molar-refractivity contribution in [1.29, 1.82) is 0 Å². The molecular weight excluding hydrogens is 315 g/mol. The number of hydrogen-bond acceptors (Lipinski definition) is 4. The van der Waals surface area contributed by atoms with Gasteiger partial charge in [0.15, 0.2) is 0 Å². The van der Waals surface area contributed by atoms with Crippen LogP contribution in [0.1, 0.15) is 19.3 Å². The van der Waals surface area contributed by atoms with Gasteiger partial charge in [0.05, 0.1) is 12.5 Å². The van der Waals surface area contributed by atoms with Crippen molar-refractivity contribution in [3.05, 3.63) is 12.3 Å². The Morgan fingerprint density at radius 1 is 1.30 bits per heavy atom. The number of carboxylic acid groups (broad SMARTS) is 1. The van der Waals surface area contributed by atoms with Gasteiger partial charge in [-0.1, -0.05) is 0 Å². The molecular formula is C14H20F3N3O3. The molecule has 0 aromatic heterocycles. The van der Waals surface area contributed by atoms with Crippen LogP contribution in [0.3, 0.4) is 0 Å². The van der Waals surface area contributed by atoms with Crippen molar-refractivity contribution in [3.63, 3.8) is 0 Å². The molecule has 130 valence electrons. The maximum absolute atomic E-state index is 12.4. The molecule has 0 radical (unpaired) electrons. The maximum atomic E-state index is 12.4. The number of Topliss-reactive ketones (excluding diaryl/α,β-unsaturated/α-hetero) is 1. The van der Waals surface area contributed by atoms with Crippen LogP contribution >= 0.6 is 0 Å². The van der Waals surface area contributed by atoms with Gasteiger partial charge >= 0.3 is 12.3 Å². The van der Waals surface area contributed by atoms with Crippen LogP contribution in [0.4, 0.5) is 18.0 Å². The van der Waals surface area contributed by atoms with Crippen LogP contribution in [0, 0.1) is 0 Å². The summed E-state index contributed by atoms with van der Waals surface area (Å²) in [5.74, 6) is -1.84. The van der Waals surface area contributed by atoms with Gasteiger partial charge in [0.25, 0.3) is 0 Å². The van der Waals surface area contributed by atoms with E-state index in [1.807, 2.05) is 0 Å². The number of ketones is 1. The minimum absolute atomic E-state index is 0.0507. The number of amides is 1. The van der Waals surface area contributed by atoms with Crippen LogP contribution < -0.4 is 0 Å². The van der Waals surface area contributed by atoms with E-state index >= 15 is 0 Å². The van der Waals surface area contributed by atoms with E-state index in [0.717, 1.165) is 0 Å². The summed E-state index contributed by atoms with van der Waals surface area (Å²) < 4.78 is 37.2. The number of carbonyl (C=O) groups is 2. The van der Waals surface area contributed by atoms with Gasteiger partial charge in [-0.15, -0.1) is 0 Å². The number of likely N-dealkylation sites (tertiary alicyclic amines) is 1.